The molecule has 0 aromatic rings. The number of fused-ring (bicyclic) bond motifs is 1. The standard InChI is InChI=1S/C14H25N3O2/c1-11(16-7-5-15-6-8-16)14(18)17-9-10-19-13-4-2-3-12(13)17/h11-13,15H,2-10H2,1H3. The van der Waals surface area contributed by atoms with Crippen molar-refractivity contribution in [3.05, 3.63) is 0 Å². The fourth-order valence-electron chi connectivity index (χ4n) is 3.66. The quantitative estimate of drug-likeness (QED) is 0.768. The number of hydrogen-bond acceptors (Lipinski definition) is 4. The smallest absolute Gasteiger partial charge is 0.240 e. The molecule has 1 saturated carbocycles. The first-order valence-corrected chi connectivity index (χ1v) is 7.64. The van der Waals surface area contributed by atoms with E-state index in [2.05, 4.69) is 22.0 Å². The van der Waals surface area contributed by atoms with Gasteiger partial charge in [0.15, 0.2) is 0 Å². The largest absolute Gasteiger partial charge is 0.374 e. The minimum absolute atomic E-state index is 0.0152. The maximum absolute atomic E-state index is 12.7. The number of amides is 1. The van der Waals surface area contributed by atoms with Crippen LogP contribution in [0.4, 0.5) is 0 Å². The van der Waals surface area contributed by atoms with Gasteiger partial charge >= 0.3 is 0 Å². The summed E-state index contributed by atoms with van der Waals surface area (Å²) in [6.45, 7) is 7.49. The molecule has 1 N–H and O–H groups in total. The van der Waals surface area contributed by atoms with E-state index in [1.54, 1.807) is 0 Å². The zero-order valence-electron chi connectivity index (χ0n) is 11.8. The number of rotatable bonds is 2. The number of nitrogens with zero attached hydrogens (tertiary/aromatic N) is 2. The van der Waals surface area contributed by atoms with Crippen LogP contribution < -0.4 is 5.32 Å². The SMILES string of the molecule is CC(C(=O)N1CCOC2CCCC21)N1CCNCC1. The topological polar surface area (TPSA) is 44.8 Å². The van der Waals surface area contributed by atoms with E-state index in [1.165, 1.54) is 6.42 Å². The Bertz CT molecular complexity index is 331. The van der Waals surface area contributed by atoms with Crippen molar-refractivity contribution in [1.82, 2.24) is 15.1 Å². The van der Waals surface area contributed by atoms with E-state index in [0.29, 0.717) is 24.7 Å². The highest BCUT2D eigenvalue weighted by molar-refractivity contribution is 5.82. The Labute approximate surface area is 115 Å². The number of nitrogens with one attached hydrogen (secondary N) is 1. The van der Waals surface area contributed by atoms with Crippen molar-refractivity contribution in [2.75, 3.05) is 39.3 Å². The van der Waals surface area contributed by atoms with Crippen LogP contribution in [-0.4, -0.2) is 73.2 Å². The zero-order chi connectivity index (χ0) is 13.2. The van der Waals surface area contributed by atoms with Crippen LogP contribution in [0.15, 0.2) is 0 Å². The molecule has 0 aromatic carbocycles. The van der Waals surface area contributed by atoms with Crippen LogP contribution in [0.1, 0.15) is 26.2 Å². The molecule has 5 nitrogen and oxygen atoms in total. The highest BCUT2D eigenvalue weighted by Crippen LogP contribution is 2.30. The Hall–Kier alpha value is -0.650. The second-order valence-corrected chi connectivity index (χ2v) is 5.90. The van der Waals surface area contributed by atoms with Crippen molar-refractivity contribution in [2.24, 2.45) is 0 Å². The molecule has 0 radical (unpaired) electrons. The summed E-state index contributed by atoms with van der Waals surface area (Å²) in [5.74, 6) is 0.308. The van der Waals surface area contributed by atoms with Gasteiger partial charge in [-0.15, -0.1) is 0 Å². The number of carbonyl (C=O) groups excluding carboxylic acids is 1. The zero-order valence-corrected chi connectivity index (χ0v) is 11.8. The number of ether oxygens (including phenoxy) is 1. The van der Waals surface area contributed by atoms with E-state index in [9.17, 15) is 4.79 Å². The van der Waals surface area contributed by atoms with Crippen LogP contribution in [0.2, 0.25) is 0 Å². The van der Waals surface area contributed by atoms with E-state index >= 15 is 0 Å². The third kappa shape index (κ3) is 2.64. The Morgan fingerprint density at radius 2 is 2.05 bits per heavy atom. The summed E-state index contributed by atoms with van der Waals surface area (Å²) in [5, 5.41) is 3.34. The lowest BCUT2D eigenvalue weighted by Crippen LogP contribution is -2.58. The molecule has 2 saturated heterocycles. The molecule has 1 aliphatic carbocycles. The molecule has 108 valence electrons. The molecule has 1 amide bonds. The highest BCUT2D eigenvalue weighted by Gasteiger charge is 2.40. The number of carbonyl (C=O) groups is 1. The fourth-order valence-corrected chi connectivity index (χ4v) is 3.66. The molecular formula is C14H25N3O2. The van der Waals surface area contributed by atoms with Gasteiger partial charge in [0.2, 0.25) is 5.91 Å². The Balaban J connectivity index is 1.64. The lowest BCUT2D eigenvalue weighted by molar-refractivity contribution is -0.149. The van der Waals surface area contributed by atoms with Gasteiger partial charge in [-0.05, 0) is 26.2 Å². The number of piperazine rings is 1. The molecule has 3 rings (SSSR count). The molecule has 0 spiro atoms. The first kappa shape index (κ1) is 13.3. The van der Waals surface area contributed by atoms with Gasteiger partial charge < -0.3 is 15.0 Å². The summed E-state index contributed by atoms with van der Waals surface area (Å²) in [6.07, 6.45) is 3.73. The van der Waals surface area contributed by atoms with Gasteiger partial charge in [0.05, 0.1) is 24.8 Å². The monoisotopic (exact) mass is 267 g/mol. The average molecular weight is 267 g/mol. The Morgan fingerprint density at radius 1 is 1.26 bits per heavy atom. The summed E-state index contributed by atoms with van der Waals surface area (Å²) in [6, 6.07) is 0.355. The van der Waals surface area contributed by atoms with Crippen molar-refractivity contribution in [3.8, 4) is 0 Å². The van der Waals surface area contributed by atoms with Crippen LogP contribution in [0, 0.1) is 0 Å². The van der Waals surface area contributed by atoms with E-state index < -0.39 is 0 Å². The minimum atomic E-state index is 0.0152. The lowest BCUT2D eigenvalue weighted by Gasteiger charge is -2.41. The first-order valence-electron chi connectivity index (χ1n) is 7.64. The van der Waals surface area contributed by atoms with Crippen molar-refractivity contribution >= 4 is 5.91 Å². The molecule has 19 heavy (non-hydrogen) atoms. The van der Waals surface area contributed by atoms with Crippen LogP contribution in [0.5, 0.6) is 0 Å². The summed E-state index contributed by atoms with van der Waals surface area (Å²) < 4.78 is 5.79. The van der Waals surface area contributed by atoms with Crippen LogP contribution in [-0.2, 0) is 9.53 Å². The van der Waals surface area contributed by atoms with Crippen LogP contribution in [0.3, 0.4) is 0 Å². The third-order valence-electron chi connectivity index (χ3n) is 4.82. The Kier molecular flexibility index (Phi) is 4.05. The lowest BCUT2D eigenvalue weighted by atomic mass is 10.1. The molecule has 2 heterocycles. The van der Waals surface area contributed by atoms with Gasteiger partial charge in [-0.25, -0.2) is 0 Å². The summed E-state index contributed by atoms with van der Waals surface area (Å²) in [5.41, 5.74) is 0. The summed E-state index contributed by atoms with van der Waals surface area (Å²) in [4.78, 5) is 17.2. The van der Waals surface area contributed by atoms with Crippen LogP contribution in [0.25, 0.3) is 0 Å². The molecule has 2 aliphatic heterocycles. The maximum atomic E-state index is 12.7. The molecule has 5 heteroatoms. The number of morpholine rings is 1. The second kappa shape index (κ2) is 5.77. The Morgan fingerprint density at radius 3 is 2.84 bits per heavy atom. The molecule has 3 fully saturated rings. The van der Waals surface area contributed by atoms with Gasteiger partial charge in [0.25, 0.3) is 0 Å². The third-order valence-corrected chi connectivity index (χ3v) is 4.82. The molecule has 3 atom stereocenters. The summed E-state index contributed by atoms with van der Waals surface area (Å²) in [7, 11) is 0. The van der Waals surface area contributed by atoms with Gasteiger partial charge in [-0.3, -0.25) is 9.69 Å². The van der Waals surface area contributed by atoms with Gasteiger partial charge in [-0.2, -0.15) is 0 Å². The molecule has 3 unspecified atom stereocenters. The van der Waals surface area contributed by atoms with Crippen molar-refractivity contribution in [3.63, 3.8) is 0 Å². The first-order chi connectivity index (χ1) is 9.27. The van der Waals surface area contributed by atoms with Gasteiger partial charge in [0, 0.05) is 32.7 Å². The van der Waals surface area contributed by atoms with E-state index in [0.717, 1.165) is 45.6 Å². The normalized spacial score (nSPS) is 34.1. The molecule has 0 aromatic heterocycles. The van der Waals surface area contributed by atoms with Crippen molar-refractivity contribution in [1.29, 1.82) is 0 Å². The van der Waals surface area contributed by atoms with E-state index in [-0.39, 0.29) is 6.04 Å². The molecular weight excluding hydrogens is 242 g/mol. The van der Waals surface area contributed by atoms with Crippen molar-refractivity contribution in [2.45, 2.75) is 44.4 Å². The predicted octanol–water partition coefficient (Wildman–Crippen LogP) is 0.0600. The minimum Gasteiger partial charge on any atom is -0.374 e. The molecule has 3 aliphatic rings. The predicted molar refractivity (Wildman–Crippen MR) is 73.0 cm³/mol. The van der Waals surface area contributed by atoms with E-state index in [1.807, 2.05) is 0 Å². The van der Waals surface area contributed by atoms with Gasteiger partial charge in [-0.1, -0.05) is 0 Å². The number of hydrogen-bond donors (Lipinski definition) is 1. The van der Waals surface area contributed by atoms with Gasteiger partial charge in [0.1, 0.15) is 0 Å². The molecule has 0 bridgehead atoms. The second-order valence-electron chi connectivity index (χ2n) is 5.90. The summed E-state index contributed by atoms with van der Waals surface area (Å²) >= 11 is 0. The fraction of sp³-hybridized carbons (Fsp3) is 0.929. The van der Waals surface area contributed by atoms with Crippen LogP contribution >= 0.6 is 0 Å². The van der Waals surface area contributed by atoms with E-state index in [4.69, 9.17) is 4.74 Å². The maximum Gasteiger partial charge on any atom is 0.240 e. The highest BCUT2D eigenvalue weighted by atomic mass is 16.5. The average Bonchev–Trinajstić information content (AvgIpc) is 2.95. The van der Waals surface area contributed by atoms with Crippen molar-refractivity contribution < 1.29 is 9.53 Å².